The molecule has 1 aliphatic heterocycles. The second kappa shape index (κ2) is 5.56. The highest BCUT2D eigenvalue weighted by atomic mass is 16.1. The minimum Gasteiger partial charge on any atom is -0.448 e. The second-order valence-electron chi connectivity index (χ2n) is 6.75. The van der Waals surface area contributed by atoms with Gasteiger partial charge in [-0.2, -0.15) is 0 Å². The first kappa shape index (κ1) is 14.9. The van der Waals surface area contributed by atoms with Gasteiger partial charge in [-0.05, 0) is 18.3 Å². The van der Waals surface area contributed by atoms with Gasteiger partial charge in [0, 0.05) is 12.1 Å². The number of aromatic nitrogens is 2. The van der Waals surface area contributed by atoms with Crippen molar-refractivity contribution in [1.29, 1.82) is 0 Å². The van der Waals surface area contributed by atoms with Crippen molar-refractivity contribution < 1.29 is 4.48 Å². The number of nitrogens with zero attached hydrogens (tertiary/aromatic N) is 2. The van der Waals surface area contributed by atoms with Crippen LogP contribution in [-0.2, 0) is 0 Å². The summed E-state index contributed by atoms with van der Waals surface area (Å²) in [6.07, 6.45) is 2.59. The Morgan fingerprint density at radius 3 is 2.00 bits per heavy atom. The van der Waals surface area contributed by atoms with Crippen LogP contribution in [0.1, 0.15) is 0 Å². The van der Waals surface area contributed by atoms with E-state index in [1.165, 1.54) is 10.9 Å². The summed E-state index contributed by atoms with van der Waals surface area (Å²) in [6.45, 7) is 0. The number of fused-ring (bicyclic) bond motifs is 3. The number of hydrogen-bond donors (Lipinski definition) is 0. The molecule has 0 N–H and O–H groups in total. The van der Waals surface area contributed by atoms with Crippen molar-refractivity contribution in [3.05, 3.63) is 114 Å². The van der Waals surface area contributed by atoms with Gasteiger partial charge in [-0.15, -0.1) is 10.9 Å². The molecule has 2 aromatic carbocycles. The summed E-state index contributed by atoms with van der Waals surface area (Å²) in [5, 5.41) is 0. The summed E-state index contributed by atoms with van der Waals surface area (Å²) in [5.74, 6) is 0. The van der Waals surface area contributed by atoms with Gasteiger partial charge < -0.3 is 8.96 Å². The summed E-state index contributed by atoms with van der Waals surface area (Å²) in [6, 6.07) is 30.6. The maximum atomic E-state index is 12.1. The molecule has 0 saturated heterocycles. The lowest BCUT2D eigenvalue weighted by molar-refractivity contribution is -0.527. The molecule has 3 heterocycles. The smallest absolute Gasteiger partial charge is 0.434 e. The van der Waals surface area contributed by atoms with Gasteiger partial charge in [-0.3, -0.25) is 4.79 Å². The van der Waals surface area contributed by atoms with Gasteiger partial charge in [0.2, 0.25) is 0 Å². The molecule has 3 nitrogen and oxygen atoms in total. The Balaban J connectivity index is 2.00. The van der Waals surface area contributed by atoms with Crippen LogP contribution in [0.4, 0.5) is 0 Å². The molecule has 4 heteroatoms. The normalized spacial score (nSPS) is 13.8. The highest BCUT2D eigenvalue weighted by molar-refractivity contribution is 6.95. The molecule has 1 aliphatic rings. The van der Waals surface area contributed by atoms with E-state index in [2.05, 4.69) is 75.8 Å². The van der Waals surface area contributed by atoms with Gasteiger partial charge in [-0.25, -0.2) is 0 Å². The Morgan fingerprint density at radius 2 is 1.35 bits per heavy atom. The molecule has 2 aromatic heterocycles. The second-order valence-corrected chi connectivity index (χ2v) is 6.75. The van der Waals surface area contributed by atoms with Crippen molar-refractivity contribution in [2.75, 3.05) is 0 Å². The first-order valence-electron chi connectivity index (χ1n) is 8.82. The van der Waals surface area contributed by atoms with Crippen molar-refractivity contribution >= 4 is 17.3 Å². The Morgan fingerprint density at radius 1 is 0.731 bits per heavy atom. The lowest BCUT2D eigenvalue weighted by Crippen LogP contribution is -2.80. The van der Waals surface area contributed by atoms with Crippen LogP contribution in [-0.4, -0.2) is 10.9 Å². The fourth-order valence-corrected chi connectivity index (χ4v) is 4.43. The van der Waals surface area contributed by atoms with E-state index >= 15 is 0 Å². The van der Waals surface area contributed by atoms with Crippen LogP contribution < -0.4 is 20.8 Å². The van der Waals surface area contributed by atoms with Crippen molar-refractivity contribution in [2.24, 2.45) is 0 Å². The Labute approximate surface area is 151 Å². The largest absolute Gasteiger partial charge is 0.448 e. The first-order chi connectivity index (χ1) is 12.8. The Bertz CT molecular complexity index is 1110. The molecule has 0 radical (unpaired) electrons. The summed E-state index contributed by atoms with van der Waals surface area (Å²) >= 11 is 0. The van der Waals surface area contributed by atoms with E-state index in [4.69, 9.17) is 0 Å². The molecule has 0 unspecified atom stereocenters. The average molecular weight is 336 g/mol. The zero-order chi connectivity index (χ0) is 17.6. The van der Waals surface area contributed by atoms with Crippen LogP contribution in [0.5, 0.6) is 0 Å². The molecule has 4 aromatic rings. The molecule has 0 amide bonds. The molecule has 0 atom stereocenters. The van der Waals surface area contributed by atoms with Crippen LogP contribution in [0.3, 0.4) is 0 Å². The Hall–Kier alpha value is -3.40. The lowest BCUT2D eigenvalue weighted by Gasteiger charge is -2.34. The number of pyridine rings is 2. The van der Waals surface area contributed by atoms with E-state index in [1.807, 2.05) is 24.4 Å². The van der Waals surface area contributed by atoms with Crippen molar-refractivity contribution in [1.82, 2.24) is 4.48 Å². The quantitative estimate of drug-likeness (QED) is 0.451. The fourth-order valence-electron chi connectivity index (χ4n) is 4.43. The third-order valence-electron chi connectivity index (χ3n) is 5.44. The molecular weight excluding hydrogens is 319 g/mol. The molecule has 0 fully saturated rings. The van der Waals surface area contributed by atoms with E-state index in [9.17, 15) is 4.79 Å². The van der Waals surface area contributed by atoms with Gasteiger partial charge in [0.15, 0.2) is 11.1 Å². The molecule has 124 valence electrons. The van der Waals surface area contributed by atoms with Gasteiger partial charge in [0.25, 0.3) is 0 Å². The number of rotatable bonds is 2. The van der Waals surface area contributed by atoms with Crippen LogP contribution in [0.2, 0.25) is 0 Å². The van der Waals surface area contributed by atoms with Crippen molar-refractivity contribution in [3.63, 3.8) is 0 Å². The Kier molecular flexibility index (Phi) is 3.19. The molecule has 0 bridgehead atoms. The SMILES string of the molecule is O=c1ccn2c(c1)-c1cccc[n+]1[B-]2(c1ccccc1)c1ccccc1. The van der Waals surface area contributed by atoms with E-state index in [-0.39, 0.29) is 5.43 Å². The number of benzene rings is 2. The monoisotopic (exact) mass is 336 g/mol. The van der Waals surface area contributed by atoms with Gasteiger partial charge >= 0.3 is 6.42 Å². The molecule has 0 aliphatic carbocycles. The maximum Gasteiger partial charge on any atom is 0.434 e. The molecule has 26 heavy (non-hydrogen) atoms. The molecule has 0 saturated carbocycles. The summed E-state index contributed by atoms with van der Waals surface area (Å²) in [4.78, 5) is 12.1. The summed E-state index contributed by atoms with van der Waals surface area (Å²) in [5.41, 5.74) is 4.44. The predicted octanol–water partition coefficient (Wildman–Crippen LogP) is 1.77. The first-order valence-corrected chi connectivity index (χ1v) is 8.82. The van der Waals surface area contributed by atoms with Crippen molar-refractivity contribution in [2.45, 2.75) is 0 Å². The van der Waals surface area contributed by atoms with Crippen LogP contribution >= 0.6 is 0 Å². The van der Waals surface area contributed by atoms with E-state index in [1.54, 1.807) is 12.1 Å². The zero-order valence-electron chi connectivity index (χ0n) is 14.2. The van der Waals surface area contributed by atoms with Crippen molar-refractivity contribution in [3.8, 4) is 11.4 Å². The third kappa shape index (κ3) is 1.90. The van der Waals surface area contributed by atoms with Gasteiger partial charge in [0.05, 0.1) is 5.69 Å². The van der Waals surface area contributed by atoms with E-state index < -0.39 is 6.42 Å². The van der Waals surface area contributed by atoms with Crippen LogP contribution in [0.15, 0.2) is 108 Å². The molecular formula is C22H17BN2O. The topological polar surface area (TPSA) is 25.9 Å². The van der Waals surface area contributed by atoms with Gasteiger partial charge in [-0.1, -0.05) is 66.7 Å². The standard InChI is InChI=1S/C22H17BN2O/c26-20-14-16-25-22(17-20)21-13-7-8-15-24(21)23(25,18-9-3-1-4-10-18)19-11-5-2-6-12-19/h1-17H. The third-order valence-corrected chi connectivity index (χ3v) is 5.44. The minimum absolute atomic E-state index is 0.0272. The molecule has 0 spiro atoms. The zero-order valence-corrected chi connectivity index (χ0v) is 14.2. The summed E-state index contributed by atoms with van der Waals surface area (Å²) in [7, 11) is 0. The maximum absolute atomic E-state index is 12.1. The molecule has 5 rings (SSSR count). The lowest BCUT2D eigenvalue weighted by atomic mass is 9.37. The van der Waals surface area contributed by atoms with Crippen LogP contribution in [0.25, 0.3) is 11.4 Å². The average Bonchev–Trinajstić information content (AvgIpc) is 3.00. The highest BCUT2D eigenvalue weighted by Crippen LogP contribution is 2.25. The van der Waals surface area contributed by atoms with E-state index in [0.29, 0.717) is 0 Å². The highest BCUT2D eigenvalue weighted by Gasteiger charge is 2.49. The van der Waals surface area contributed by atoms with E-state index in [0.717, 1.165) is 11.4 Å². The summed E-state index contributed by atoms with van der Waals surface area (Å²) < 4.78 is 4.58. The van der Waals surface area contributed by atoms with Gasteiger partial charge in [0.1, 0.15) is 6.20 Å². The predicted molar refractivity (Wildman–Crippen MR) is 105 cm³/mol. The van der Waals surface area contributed by atoms with Crippen LogP contribution in [0, 0.1) is 0 Å². The number of hydrogen-bond acceptors (Lipinski definition) is 1. The fraction of sp³-hybridized carbons (Fsp3) is 0. The minimum atomic E-state index is -1.46.